The molecular weight excluding hydrogens is 785 g/mol. The van der Waals surface area contributed by atoms with Crippen LogP contribution in [0.15, 0.2) is 171 Å². The van der Waals surface area contributed by atoms with Gasteiger partial charge in [-0.2, -0.15) is 29.9 Å². The summed E-state index contributed by atoms with van der Waals surface area (Å²) in [6, 6.07) is 44.5. The van der Waals surface area contributed by atoms with Gasteiger partial charge in [0.25, 0.3) is 0 Å². The Morgan fingerprint density at radius 3 is 0.952 bits per heavy atom. The average Bonchev–Trinajstić information content (AvgIpc) is 3.28. The first-order chi connectivity index (χ1) is 30.3. The van der Waals surface area contributed by atoms with Crippen molar-refractivity contribution in [1.29, 1.82) is 0 Å². The van der Waals surface area contributed by atoms with Crippen LogP contribution in [0.5, 0.6) is 11.5 Å². The lowest BCUT2D eigenvalue weighted by Crippen LogP contribution is -2.08. The normalized spacial score (nSPS) is 10.5. The van der Waals surface area contributed by atoms with Gasteiger partial charge in [-0.3, -0.25) is 0 Å². The van der Waals surface area contributed by atoms with Crippen LogP contribution in [0, 0.1) is 0 Å². The summed E-state index contributed by atoms with van der Waals surface area (Å²) in [6.45, 7) is 6.86. The fourth-order valence-corrected chi connectivity index (χ4v) is 5.83. The van der Waals surface area contributed by atoms with E-state index in [1.807, 2.05) is 97.1 Å². The molecule has 2 heterocycles. The van der Waals surface area contributed by atoms with Crippen molar-refractivity contribution in [3.63, 3.8) is 0 Å². The van der Waals surface area contributed by atoms with Crippen LogP contribution in [0.3, 0.4) is 0 Å². The number of benzene rings is 6. The third kappa shape index (κ3) is 10.7. The summed E-state index contributed by atoms with van der Waals surface area (Å²) in [5.74, 6) is 1.41. The molecule has 8 aromatic rings. The molecule has 0 amide bonds. The summed E-state index contributed by atoms with van der Waals surface area (Å²) in [6.07, 6.45) is 2.20. The predicted molar refractivity (Wildman–Crippen MR) is 241 cm³/mol. The van der Waals surface area contributed by atoms with E-state index in [1.54, 1.807) is 48.5 Å². The van der Waals surface area contributed by atoms with E-state index in [-0.39, 0.29) is 11.9 Å². The van der Waals surface area contributed by atoms with Crippen molar-refractivity contribution in [2.75, 3.05) is 31.9 Å². The lowest BCUT2D eigenvalue weighted by molar-refractivity contribution is -0.129. The summed E-state index contributed by atoms with van der Waals surface area (Å²) in [5.41, 5.74) is 4.40. The van der Waals surface area contributed by atoms with Gasteiger partial charge in [-0.1, -0.05) is 61.7 Å². The number of hydrogen-bond acceptors (Lipinski definition) is 16. The van der Waals surface area contributed by atoms with Crippen LogP contribution in [0.4, 0.5) is 69.8 Å². The molecule has 0 fully saturated rings. The van der Waals surface area contributed by atoms with Crippen molar-refractivity contribution in [1.82, 2.24) is 29.9 Å². The van der Waals surface area contributed by atoms with E-state index in [1.165, 1.54) is 0 Å². The Hall–Kier alpha value is -9.18. The first-order valence-corrected chi connectivity index (χ1v) is 19.0. The third-order valence-electron chi connectivity index (χ3n) is 8.67. The molecule has 0 spiro atoms. The van der Waals surface area contributed by atoms with Crippen molar-refractivity contribution in [2.45, 2.75) is 0 Å². The standard InChI is InChI=1S/C46H36N12O4/c1-3-39(59)61-37-23-19-33(20-24-37)49-43-53-41(47-31-11-7-5-8-12-31)55-45(57-43)51-35-17-15-30-28-36(18-16-29(30)27-35)52-46-56-42(48-32-13-9-6-10-14-32)54-44(58-46)50-34-21-25-38(26-22-34)62-40(60)4-2/h3-28H,1-2H2,(H3,47,49,51,53,55,57)(H3,48,50,52,54,56,58). The van der Waals surface area contributed by atoms with Gasteiger partial charge in [-0.15, -0.1) is 0 Å². The molecule has 0 radical (unpaired) electrons. The highest BCUT2D eigenvalue weighted by molar-refractivity contribution is 5.89. The zero-order valence-electron chi connectivity index (χ0n) is 32.7. The highest BCUT2D eigenvalue weighted by atomic mass is 16.5. The van der Waals surface area contributed by atoms with Gasteiger partial charge < -0.3 is 41.4 Å². The van der Waals surface area contributed by atoms with Gasteiger partial charge in [-0.25, -0.2) is 9.59 Å². The second-order valence-corrected chi connectivity index (χ2v) is 13.2. The van der Waals surface area contributed by atoms with E-state index in [0.29, 0.717) is 46.7 Å². The molecule has 0 unspecified atom stereocenters. The monoisotopic (exact) mass is 820 g/mol. The zero-order chi connectivity index (χ0) is 42.7. The molecule has 16 nitrogen and oxygen atoms in total. The number of rotatable bonds is 16. The van der Waals surface area contributed by atoms with E-state index in [4.69, 9.17) is 9.47 Å². The Morgan fingerprint density at radius 1 is 0.371 bits per heavy atom. The van der Waals surface area contributed by atoms with Gasteiger partial charge in [-0.05, 0) is 108 Å². The molecule has 2 aromatic heterocycles. The SMILES string of the molecule is C=CC(=O)Oc1ccc(Nc2nc(Nc3ccccc3)nc(Nc3ccc4cc(Nc5nc(Nc6ccccc6)nc(Nc6ccc(OC(=O)C=C)cc6)n5)ccc4c3)n2)cc1. The van der Waals surface area contributed by atoms with Crippen molar-refractivity contribution in [3.05, 3.63) is 171 Å². The van der Waals surface area contributed by atoms with Gasteiger partial charge >= 0.3 is 11.9 Å². The Bertz CT molecular complexity index is 2680. The smallest absolute Gasteiger partial charge is 0.335 e. The van der Waals surface area contributed by atoms with Crippen LogP contribution < -0.4 is 41.4 Å². The molecule has 0 saturated carbocycles. The molecule has 0 bridgehead atoms. The number of carbonyl (C=O) groups is 2. The largest absolute Gasteiger partial charge is 0.423 e. The quantitative estimate of drug-likeness (QED) is 0.0305. The van der Waals surface area contributed by atoms with Crippen LogP contribution in [-0.2, 0) is 9.59 Å². The van der Waals surface area contributed by atoms with E-state index in [0.717, 1.165) is 45.7 Å². The van der Waals surface area contributed by atoms with E-state index in [9.17, 15) is 9.59 Å². The summed E-state index contributed by atoms with van der Waals surface area (Å²) in [5, 5.41) is 21.4. The van der Waals surface area contributed by atoms with Crippen molar-refractivity contribution in [2.24, 2.45) is 0 Å². The number of carbonyl (C=O) groups excluding carboxylic acids is 2. The molecule has 6 aromatic carbocycles. The van der Waals surface area contributed by atoms with Crippen LogP contribution in [-0.4, -0.2) is 41.8 Å². The minimum Gasteiger partial charge on any atom is -0.423 e. The number of aromatic nitrogens is 6. The summed E-state index contributed by atoms with van der Waals surface area (Å²) in [7, 11) is 0. The van der Waals surface area contributed by atoms with E-state index < -0.39 is 11.9 Å². The highest BCUT2D eigenvalue weighted by Crippen LogP contribution is 2.28. The maximum atomic E-state index is 11.6. The zero-order valence-corrected chi connectivity index (χ0v) is 32.7. The number of ether oxygens (including phenoxy) is 2. The number of esters is 2. The van der Waals surface area contributed by atoms with Gasteiger partial charge in [0, 0.05) is 46.3 Å². The van der Waals surface area contributed by atoms with Crippen molar-refractivity contribution < 1.29 is 19.1 Å². The lowest BCUT2D eigenvalue weighted by atomic mass is 10.1. The first-order valence-electron chi connectivity index (χ1n) is 19.0. The Kier molecular flexibility index (Phi) is 11.9. The summed E-state index contributed by atoms with van der Waals surface area (Å²) < 4.78 is 10.4. The maximum absolute atomic E-state index is 11.6. The van der Waals surface area contributed by atoms with E-state index in [2.05, 4.69) is 75.0 Å². The van der Waals surface area contributed by atoms with Gasteiger partial charge in [0.05, 0.1) is 0 Å². The molecule has 0 aliphatic heterocycles. The predicted octanol–water partition coefficient (Wildman–Crippen LogP) is 9.85. The number of nitrogens with zero attached hydrogens (tertiary/aromatic N) is 6. The number of nitrogens with one attached hydrogen (secondary N) is 6. The maximum Gasteiger partial charge on any atom is 0.335 e. The molecule has 0 aliphatic rings. The van der Waals surface area contributed by atoms with Crippen LogP contribution in [0.25, 0.3) is 10.8 Å². The van der Waals surface area contributed by atoms with Crippen LogP contribution >= 0.6 is 0 Å². The summed E-state index contributed by atoms with van der Waals surface area (Å²) >= 11 is 0. The minimum atomic E-state index is -0.549. The highest BCUT2D eigenvalue weighted by Gasteiger charge is 2.12. The second-order valence-electron chi connectivity index (χ2n) is 13.2. The van der Waals surface area contributed by atoms with Crippen molar-refractivity contribution >= 4 is 92.5 Å². The topological polar surface area (TPSA) is 202 Å². The van der Waals surface area contributed by atoms with Gasteiger partial charge in [0.2, 0.25) is 35.7 Å². The number of anilines is 12. The fourth-order valence-electron chi connectivity index (χ4n) is 5.83. The second kappa shape index (κ2) is 18.6. The Morgan fingerprint density at radius 2 is 0.645 bits per heavy atom. The fraction of sp³-hybridized carbons (Fsp3) is 0. The molecule has 8 rings (SSSR count). The molecule has 304 valence electrons. The molecule has 0 saturated heterocycles. The molecular formula is C46H36N12O4. The molecule has 62 heavy (non-hydrogen) atoms. The van der Waals surface area contributed by atoms with Gasteiger partial charge in [0.15, 0.2) is 0 Å². The molecule has 0 atom stereocenters. The number of hydrogen-bond donors (Lipinski definition) is 6. The molecule has 0 aliphatic carbocycles. The third-order valence-corrected chi connectivity index (χ3v) is 8.67. The molecule has 6 N–H and O–H groups in total. The molecule has 16 heteroatoms. The van der Waals surface area contributed by atoms with Crippen molar-refractivity contribution in [3.8, 4) is 11.5 Å². The summed E-state index contributed by atoms with van der Waals surface area (Å²) in [4.78, 5) is 50.9. The lowest BCUT2D eigenvalue weighted by Gasteiger charge is -2.13. The first kappa shape index (κ1) is 39.6. The van der Waals surface area contributed by atoms with Crippen LogP contribution in [0.2, 0.25) is 0 Å². The average molecular weight is 821 g/mol. The number of para-hydroxylation sites is 2. The Balaban J connectivity index is 1.01. The Labute approximate surface area is 354 Å². The van der Waals surface area contributed by atoms with Gasteiger partial charge in [0.1, 0.15) is 11.5 Å². The number of fused-ring (bicyclic) bond motifs is 1. The minimum absolute atomic E-state index is 0.275. The van der Waals surface area contributed by atoms with E-state index >= 15 is 0 Å². The van der Waals surface area contributed by atoms with Crippen LogP contribution in [0.1, 0.15) is 0 Å².